The van der Waals surface area contributed by atoms with Crippen LogP contribution in [0.15, 0.2) is 11.8 Å². The van der Waals surface area contributed by atoms with Gasteiger partial charge in [-0.25, -0.2) is 9.59 Å². The summed E-state index contributed by atoms with van der Waals surface area (Å²) in [6.45, 7) is 4.32. The van der Waals surface area contributed by atoms with Crippen LogP contribution in [0, 0.1) is 17.8 Å². The van der Waals surface area contributed by atoms with Gasteiger partial charge in [-0.3, -0.25) is 0 Å². The molecular weight excluding hydrogens is 288 g/mol. The van der Waals surface area contributed by atoms with E-state index in [4.69, 9.17) is 19.9 Å². The van der Waals surface area contributed by atoms with Crippen LogP contribution in [0.5, 0.6) is 0 Å². The largest absolute Gasteiger partial charge is 0.472 e. The first-order valence-corrected chi connectivity index (χ1v) is 7.56. The quantitative estimate of drug-likeness (QED) is 0.741. The summed E-state index contributed by atoms with van der Waals surface area (Å²) in [6.07, 6.45) is 2.73. The number of esters is 1. The number of urea groups is 1. The van der Waals surface area contributed by atoms with Crippen molar-refractivity contribution in [2.45, 2.75) is 39.1 Å². The highest BCUT2D eigenvalue weighted by Gasteiger charge is 2.48. The zero-order valence-corrected chi connectivity index (χ0v) is 13.2. The highest BCUT2D eigenvalue weighted by molar-refractivity contribution is 5.89. The van der Waals surface area contributed by atoms with E-state index in [1.165, 1.54) is 13.4 Å². The Morgan fingerprint density at radius 1 is 1.45 bits per heavy atom. The van der Waals surface area contributed by atoms with Crippen molar-refractivity contribution in [3.8, 4) is 0 Å². The number of fused-ring (bicyclic) bond motifs is 1. The average molecular weight is 312 g/mol. The molecule has 3 unspecified atom stereocenters. The molecule has 1 heterocycles. The second-order valence-corrected chi connectivity index (χ2v) is 6.02. The zero-order chi connectivity index (χ0) is 16.3. The summed E-state index contributed by atoms with van der Waals surface area (Å²) >= 11 is 0. The Balaban J connectivity index is 2.18. The van der Waals surface area contributed by atoms with Gasteiger partial charge in [-0.1, -0.05) is 0 Å². The van der Waals surface area contributed by atoms with Gasteiger partial charge in [0.2, 0.25) is 6.29 Å². The molecule has 2 rings (SSSR count). The fourth-order valence-electron chi connectivity index (χ4n) is 3.38. The molecule has 4 atom stereocenters. The second-order valence-electron chi connectivity index (χ2n) is 6.02. The van der Waals surface area contributed by atoms with Crippen molar-refractivity contribution >= 4 is 12.0 Å². The summed E-state index contributed by atoms with van der Waals surface area (Å²) < 4.78 is 16.3. The Kier molecular flexibility index (Phi) is 5.28. The van der Waals surface area contributed by atoms with E-state index in [0.29, 0.717) is 12.1 Å². The van der Waals surface area contributed by atoms with Crippen LogP contribution in [0.4, 0.5) is 4.79 Å². The topological polar surface area (TPSA) is 99.9 Å². The first-order valence-electron chi connectivity index (χ1n) is 7.56. The molecule has 1 fully saturated rings. The van der Waals surface area contributed by atoms with E-state index >= 15 is 0 Å². The summed E-state index contributed by atoms with van der Waals surface area (Å²) in [5, 5.41) is 2.64. The number of hydrogen-bond donors (Lipinski definition) is 2. The van der Waals surface area contributed by atoms with Gasteiger partial charge in [0.05, 0.1) is 25.0 Å². The molecule has 7 nitrogen and oxygen atoms in total. The van der Waals surface area contributed by atoms with E-state index in [-0.39, 0.29) is 29.8 Å². The maximum absolute atomic E-state index is 11.9. The fourth-order valence-corrected chi connectivity index (χ4v) is 3.38. The maximum Gasteiger partial charge on any atom is 0.337 e. The molecule has 1 aliphatic carbocycles. The number of nitrogens with two attached hydrogens (primary N) is 1. The number of primary amides is 1. The van der Waals surface area contributed by atoms with Gasteiger partial charge in [0, 0.05) is 18.4 Å². The van der Waals surface area contributed by atoms with Crippen molar-refractivity contribution < 1.29 is 23.8 Å². The van der Waals surface area contributed by atoms with Gasteiger partial charge in [-0.05, 0) is 32.6 Å². The van der Waals surface area contributed by atoms with Crippen molar-refractivity contribution in [2.75, 3.05) is 13.7 Å². The molecular formula is C15H24N2O5. The molecule has 0 aromatic heterocycles. The third kappa shape index (κ3) is 3.52. The summed E-state index contributed by atoms with van der Waals surface area (Å²) in [4.78, 5) is 22.9. The lowest BCUT2D eigenvalue weighted by molar-refractivity contribution is -0.184. The third-order valence-electron chi connectivity index (χ3n) is 4.27. The van der Waals surface area contributed by atoms with Gasteiger partial charge in [-0.2, -0.15) is 0 Å². The molecule has 0 radical (unpaired) electrons. The molecule has 22 heavy (non-hydrogen) atoms. The Bertz CT molecular complexity index is 463. The lowest BCUT2D eigenvalue weighted by atomic mass is 9.82. The van der Waals surface area contributed by atoms with Crippen molar-refractivity contribution in [3.05, 3.63) is 11.8 Å². The van der Waals surface area contributed by atoms with Gasteiger partial charge >= 0.3 is 12.0 Å². The van der Waals surface area contributed by atoms with E-state index in [9.17, 15) is 9.59 Å². The van der Waals surface area contributed by atoms with Gasteiger partial charge in [-0.15, -0.1) is 0 Å². The maximum atomic E-state index is 11.9. The van der Waals surface area contributed by atoms with Crippen molar-refractivity contribution in [1.82, 2.24) is 5.32 Å². The van der Waals surface area contributed by atoms with E-state index < -0.39 is 12.3 Å². The third-order valence-corrected chi connectivity index (χ3v) is 4.27. The van der Waals surface area contributed by atoms with Crippen molar-refractivity contribution in [3.63, 3.8) is 0 Å². The Labute approximate surface area is 130 Å². The fraction of sp³-hybridized carbons (Fsp3) is 0.733. The first-order chi connectivity index (χ1) is 10.4. The van der Waals surface area contributed by atoms with E-state index in [1.54, 1.807) is 0 Å². The number of methoxy groups -OCH3 is 1. The smallest absolute Gasteiger partial charge is 0.337 e. The Hall–Kier alpha value is -1.76. The van der Waals surface area contributed by atoms with Crippen LogP contribution in [0.1, 0.15) is 26.7 Å². The van der Waals surface area contributed by atoms with Crippen LogP contribution in [-0.2, 0) is 19.0 Å². The first kappa shape index (κ1) is 16.6. The number of ether oxygens (including phenoxy) is 3. The number of amides is 2. The molecule has 2 aliphatic rings. The number of nitrogens with one attached hydrogen (secondary N) is 1. The van der Waals surface area contributed by atoms with Gasteiger partial charge in [0.25, 0.3) is 0 Å². The van der Waals surface area contributed by atoms with Crippen molar-refractivity contribution in [2.24, 2.45) is 23.5 Å². The van der Waals surface area contributed by atoms with E-state index in [2.05, 4.69) is 5.32 Å². The minimum atomic E-state index is -0.551. The molecule has 1 saturated carbocycles. The molecule has 0 spiro atoms. The lowest BCUT2D eigenvalue weighted by Crippen LogP contribution is -2.43. The molecule has 0 bridgehead atoms. The number of carbonyl (C=O) groups excluding carboxylic acids is 2. The monoisotopic (exact) mass is 312 g/mol. The summed E-state index contributed by atoms with van der Waals surface area (Å²) in [5.74, 6) is -0.214. The number of carbonyl (C=O) groups is 2. The minimum absolute atomic E-state index is 0.00377. The molecule has 7 heteroatoms. The van der Waals surface area contributed by atoms with Gasteiger partial charge in [0.15, 0.2) is 0 Å². The van der Waals surface area contributed by atoms with Gasteiger partial charge < -0.3 is 25.3 Å². The SMILES string of the molecule is COC(=O)C1=CO[C@@H](OC(C)C)C2C(CNC(N)=O)CCC12. The minimum Gasteiger partial charge on any atom is -0.472 e. The lowest BCUT2D eigenvalue weighted by Gasteiger charge is -2.36. The molecule has 124 valence electrons. The van der Waals surface area contributed by atoms with Crippen LogP contribution in [0.25, 0.3) is 0 Å². The zero-order valence-electron chi connectivity index (χ0n) is 13.2. The predicted molar refractivity (Wildman–Crippen MR) is 78.5 cm³/mol. The summed E-state index contributed by atoms with van der Waals surface area (Å²) in [6, 6.07) is -0.551. The predicted octanol–water partition coefficient (Wildman–Crippen LogP) is 1.14. The normalized spacial score (nSPS) is 30.3. The highest BCUT2D eigenvalue weighted by atomic mass is 16.7. The van der Waals surface area contributed by atoms with Crippen LogP contribution < -0.4 is 11.1 Å². The number of hydrogen-bond acceptors (Lipinski definition) is 5. The molecule has 3 N–H and O–H groups in total. The standard InChI is InChI=1S/C15H24N2O5/c1-8(2)22-14-12-9(6-17-15(16)19)4-5-10(12)11(7-21-14)13(18)20-3/h7-10,12,14H,4-6H2,1-3H3,(H3,16,17,19)/t9?,10?,12?,14-/m0/s1. The molecule has 1 aliphatic heterocycles. The van der Waals surface area contributed by atoms with Crippen LogP contribution in [0.2, 0.25) is 0 Å². The van der Waals surface area contributed by atoms with E-state index in [0.717, 1.165) is 12.8 Å². The number of rotatable bonds is 5. The van der Waals surface area contributed by atoms with Crippen LogP contribution in [-0.4, -0.2) is 38.0 Å². The Morgan fingerprint density at radius 2 is 2.18 bits per heavy atom. The summed E-state index contributed by atoms with van der Waals surface area (Å²) in [5.41, 5.74) is 5.69. The molecule has 0 aromatic carbocycles. The average Bonchev–Trinajstić information content (AvgIpc) is 2.88. The van der Waals surface area contributed by atoms with Gasteiger partial charge in [0.1, 0.15) is 0 Å². The molecule has 2 amide bonds. The summed E-state index contributed by atoms with van der Waals surface area (Å²) in [7, 11) is 1.36. The Morgan fingerprint density at radius 3 is 2.77 bits per heavy atom. The van der Waals surface area contributed by atoms with Crippen molar-refractivity contribution in [1.29, 1.82) is 0 Å². The molecule has 0 saturated heterocycles. The van der Waals surface area contributed by atoms with E-state index in [1.807, 2.05) is 13.8 Å². The molecule has 0 aromatic rings. The second kappa shape index (κ2) is 7.00. The van der Waals surface area contributed by atoms with Crippen LogP contribution in [0.3, 0.4) is 0 Å². The highest BCUT2D eigenvalue weighted by Crippen LogP contribution is 2.47. The van der Waals surface area contributed by atoms with Crippen LogP contribution >= 0.6 is 0 Å².